The van der Waals surface area contributed by atoms with E-state index in [1.165, 1.54) is 20.8 Å². The van der Waals surface area contributed by atoms with Gasteiger partial charge in [0.2, 0.25) is 82.7 Å². The van der Waals surface area contributed by atoms with Gasteiger partial charge in [0, 0.05) is 40.1 Å². The van der Waals surface area contributed by atoms with E-state index in [0.29, 0.717) is 11.3 Å². The van der Waals surface area contributed by atoms with E-state index in [2.05, 4.69) is 47.9 Å². The van der Waals surface area contributed by atoms with Crippen molar-refractivity contribution in [2.24, 2.45) is 75.8 Å². The van der Waals surface area contributed by atoms with E-state index in [-0.39, 0.29) is 44.1 Å². The molecule has 1 saturated heterocycles. The van der Waals surface area contributed by atoms with Gasteiger partial charge in [-0.05, 0) is 102 Å². The molecule has 0 aliphatic carbocycles. The molecule has 1 fully saturated rings. The highest BCUT2D eigenvalue weighted by atomic mass is 16.5. The smallest absolute Gasteiger partial charge is 0.329 e. The van der Waals surface area contributed by atoms with Gasteiger partial charge in [-0.3, -0.25) is 71.9 Å². The van der Waals surface area contributed by atoms with Gasteiger partial charge >= 0.3 is 5.97 Å². The van der Waals surface area contributed by atoms with Crippen LogP contribution in [-0.4, -0.2) is 273 Å². The van der Waals surface area contributed by atoms with Gasteiger partial charge in [-0.25, -0.2) is 4.79 Å². The van der Waals surface area contributed by atoms with Crippen LogP contribution < -0.4 is 82.3 Å². The lowest BCUT2D eigenvalue weighted by Gasteiger charge is -2.37. The number of likely N-dealkylation sites (N-methyl/N-ethyl adjacent to an activating group) is 2. The summed E-state index contributed by atoms with van der Waals surface area (Å²) in [6, 6.07) is -21.6. The fraction of sp³-hybridized carbons (Fsp3) is 0.768. The Morgan fingerprint density at radius 1 is 0.606 bits per heavy atom. The highest BCUT2D eigenvalue weighted by Crippen LogP contribution is 2.25. The Hall–Kier alpha value is -8.80. The summed E-state index contributed by atoms with van der Waals surface area (Å²) in [7, 11) is 2.99. The van der Waals surface area contributed by atoms with E-state index in [1.54, 1.807) is 34.6 Å². The summed E-state index contributed by atoms with van der Waals surface area (Å²) in [4.78, 5) is 228. The molecular weight excluding hydrogens is 1430 g/mol. The second-order valence-electron chi connectivity index (χ2n) is 29.8. The largest absolute Gasteiger partial charge is 0.458 e. The number of hydrogen-bond donors (Lipinski definition) is 20. The van der Waals surface area contributed by atoms with Crippen LogP contribution in [0.2, 0.25) is 0 Å². The molecule has 0 bridgehead atoms. The summed E-state index contributed by atoms with van der Waals surface area (Å²) in [5.41, 5.74) is 32.0. The molecule has 40 heteroatoms. The van der Waals surface area contributed by atoms with E-state index in [0.717, 1.165) is 60.2 Å². The van der Waals surface area contributed by atoms with E-state index in [9.17, 15) is 92.7 Å². The summed E-state index contributed by atoms with van der Waals surface area (Å²) in [6.45, 7) is 19.4. The quantitative estimate of drug-likeness (QED) is 0.0259. The molecule has 622 valence electrons. The lowest BCUT2D eigenvalue weighted by atomic mass is 9.85. The monoisotopic (exact) mass is 1560 g/mol. The van der Waals surface area contributed by atoms with Crippen molar-refractivity contribution in [2.75, 3.05) is 34.3 Å². The fourth-order valence-electron chi connectivity index (χ4n) is 12.1. The number of hydrogen-bond acceptors (Lipinski definition) is 25. The molecule has 0 aromatic carbocycles. The Labute approximate surface area is 635 Å². The fourth-order valence-corrected chi connectivity index (χ4v) is 12.1. The number of nitrogens with two attached hydrogens (primary N) is 6. The molecule has 22 atom stereocenters. The molecule has 22 unspecified atom stereocenters. The summed E-state index contributed by atoms with van der Waals surface area (Å²) in [5, 5.41) is 78.1. The van der Waals surface area contributed by atoms with E-state index < -0.39 is 259 Å². The first-order valence-electron chi connectivity index (χ1n) is 36.4. The maximum atomic E-state index is 15.2. The van der Waals surface area contributed by atoms with Gasteiger partial charge in [-0.15, -0.1) is 0 Å². The number of nitrogens with zero attached hydrogens (tertiary/aromatic N) is 2. The zero-order valence-electron chi connectivity index (χ0n) is 65.6. The third-order valence-electron chi connectivity index (χ3n) is 19.3. The minimum Gasteiger partial charge on any atom is -0.458 e. The number of ether oxygens (including phenoxy) is 2. The number of rotatable bonds is 36. The molecule has 0 aromatic rings. The highest BCUT2D eigenvalue weighted by molar-refractivity contribution is 6.01. The Bertz CT molecular complexity index is 3160. The molecule has 1 heterocycles. The Kier molecular flexibility index (Phi) is 40.9. The molecule has 0 aromatic heterocycles. The molecule has 15 amide bonds. The molecule has 26 N–H and O–H groups in total. The van der Waals surface area contributed by atoms with Gasteiger partial charge < -0.3 is 127 Å². The van der Waals surface area contributed by atoms with Crippen LogP contribution in [0.3, 0.4) is 0 Å². The van der Waals surface area contributed by atoms with Crippen molar-refractivity contribution in [3.8, 4) is 0 Å². The number of methoxy groups -OCH3 is 1. The van der Waals surface area contributed by atoms with Crippen molar-refractivity contribution in [2.45, 2.75) is 263 Å². The topological polar surface area (TPSA) is 664 Å². The Morgan fingerprint density at radius 2 is 1.14 bits per heavy atom. The van der Waals surface area contributed by atoms with Gasteiger partial charge in [0.05, 0.1) is 36.2 Å². The van der Waals surface area contributed by atoms with Crippen LogP contribution in [0.5, 0.6) is 0 Å². The Balaban J connectivity index is 4.50. The molecule has 0 spiro atoms. The average molecular weight is 1560 g/mol. The molecule has 1 rings (SSSR count). The Morgan fingerprint density at radius 3 is 1.62 bits per heavy atom. The maximum absolute atomic E-state index is 15.2. The van der Waals surface area contributed by atoms with Crippen LogP contribution in [0, 0.1) is 41.4 Å². The lowest BCUT2D eigenvalue weighted by Crippen LogP contribution is -2.66. The van der Waals surface area contributed by atoms with Crippen molar-refractivity contribution in [1.82, 2.24) is 57.7 Å². The van der Waals surface area contributed by atoms with Gasteiger partial charge in [0.25, 0.3) is 5.91 Å². The third-order valence-corrected chi connectivity index (χ3v) is 19.3. The number of cyclic esters (lactones) is 1. The number of nitrogens with one attached hydrogen (secondary N) is 9. The summed E-state index contributed by atoms with van der Waals surface area (Å²) < 4.78 is 11.1. The van der Waals surface area contributed by atoms with Crippen LogP contribution in [0.4, 0.5) is 0 Å². The van der Waals surface area contributed by atoms with Gasteiger partial charge in [-0.2, -0.15) is 0 Å². The molecule has 1 aliphatic heterocycles. The number of primary amides is 4. The second-order valence-corrected chi connectivity index (χ2v) is 29.8. The molecular formula is C69H123N17O23. The van der Waals surface area contributed by atoms with Crippen molar-refractivity contribution in [3.05, 3.63) is 0 Å². The van der Waals surface area contributed by atoms with Crippen molar-refractivity contribution >= 4 is 94.6 Å². The predicted octanol–water partition coefficient (Wildman–Crippen LogP) is -7.92. The average Bonchev–Trinajstić information content (AvgIpc) is 1.04. The molecule has 0 radical (unpaired) electrons. The summed E-state index contributed by atoms with van der Waals surface area (Å²) >= 11 is 0. The zero-order valence-corrected chi connectivity index (χ0v) is 65.6. The molecule has 1 aliphatic rings. The minimum absolute atomic E-state index is 0.0123. The first kappa shape index (κ1) is 98.2. The minimum atomic E-state index is -2.75. The van der Waals surface area contributed by atoms with Crippen LogP contribution in [-0.2, 0) is 86.2 Å². The van der Waals surface area contributed by atoms with Crippen LogP contribution in [0.1, 0.15) is 155 Å². The molecule has 0 saturated carbocycles. The number of esters is 1. The van der Waals surface area contributed by atoms with E-state index >= 15 is 9.59 Å². The summed E-state index contributed by atoms with van der Waals surface area (Å²) in [6.07, 6.45) is -14.3. The molecule has 109 heavy (non-hydrogen) atoms. The van der Waals surface area contributed by atoms with Crippen molar-refractivity contribution in [1.29, 1.82) is 0 Å². The predicted molar refractivity (Wildman–Crippen MR) is 390 cm³/mol. The van der Waals surface area contributed by atoms with Gasteiger partial charge in [0.15, 0.2) is 12.2 Å². The van der Waals surface area contributed by atoms with Crippen LogP contribution in [0.15, 0.2) is 0 Å². The number of aliphatic hydroxyl groups excluding tert-OH is 4. The lowest BCUT2D eigenvalue weighted by molar-refractivity contribution is -0.162. The zero-order chi connectivity index (χ0) is 84.3. The number of carbonyl (C=O) groups excluding carboxylic acids is 16. The highest BCUT2D eigenvalue weighted by Gasteiger charge is 2.47. The SMILES string of the molecule is CCC(C)CC(C)C(O)C(C)C(=O)NC(CN)C(=O)NC(C(O)C(O)C(=O)NC(C(=O)NC1C(=O)NC(C(C)O)C(=O)NC(CCCN)C(=O)NC(CC(C)C)C(=O)N(C)C(CCC(N)=O)C(=O)NC(C(OC)C(N)=O)C(=O)NC(CC(N)=O)C(=O)N(C)C(CC(C)C)C(=O)OC1C)C(C)C(C)C(N)=O)C(C)(C)O. The first-order chi connectivity index (χ1) is 50.4. The number of carbonyl (C=O) groups is 16. The van der Waals surface area contributed by atoms with E-state index in [4.69, 9.17) is 43.9 Å². The number of aliphatic hydroxyl groups is 5. The standard InChI is InChI=1S/C69H123N17O23/c1-18-31(6)26-32(7)50(90)35(10)57(95)79-41(28-71)59(97)84-54(69(13,14)107)51(91)52(92)65(103)80-46(33(8)34(9)55(74)93)61(99)82-48-37(12)109-68(106)43(25-30(4)5)86(16)67(105)40(27-45(73)89)78-64(102)49(53(108-17)56(75)94)83-60(98)42(21-22-44(72)88)85(15)66(104)39(24-29(2)3)77-58(96)38(20-19-23-70)76-62(100)47(36(11)87)81-63(48)101/h29-43,46-54,87,90-92,107H,18-28,70-71H2,1-17H3,(H2,72,88)(H2,73,89)(H2,74,93)(H2,75,94)(H,76,100)(H,77,96)(H,78,102)(H,79,95)(H,80,103)(H,81,101)(H,82,99)(H,83,98)(H,84,97). The van der Waals surface area contributed by atoms with E-state index in [1.807, 2.05) is 13.8 Å². The van der Waals surface area contributed by atoms with Crippen LogP contribution in [0.25, 0.3) is 0 Å². The van der Waals surface area contributed by atoms with Crippen molar-refractivity contribution < 1.29 is 112 Å². The second kappa shape index (κ2) is 45.4. The summed E-state index contributed by atoms with van der Waals surface area (Å²) in [5.74, 6) is -25.4. The number of amides is 15. The third kappa shape index (κ3) is 30.2. The van der Waals surface area contributed by atoms with Crippen LogP contribution >= 0.6 is 0 Å². The maximum Gasteiger partial charge on any atom is 0.329 e. The molecule has 40 nitrogen and oxygen atoms in total. The van der Waals surface area contributed by atoms with Gasteiger partial charge in [0.1, 0.15) is 72.6 Å². The van der Waals surface area contributed by atoms with Crippen molar-refractivity contribution in [3.63, 3.8) is 0 Å². The van der Waals surface area contributed by atoms with Gasteiger partial charge in [-0.1, -0.05) is 75.7 Å². The first-order valence-corrected chi connectivity index (χ1v) is 36.4. The normalized spacial score (nSPS) is 24.4.